The third kappa shape index (κ3) is 3.75. The fourth-order valence-electron chi connectivity index (χ4n) is 3.31. The van der Waals surface area contributed by atoms with E-state index in [1.165, 1.54) is 11.1 Å². The quantitative estimate of drug-likeness (QED) is 0.834. The van der Waals surface area contributed by atoms with Gasteiger partial charge in [0.25, 0.3) is 0 Å². The van der Waals surface area contributed by atoms with Crippen LogP contribution in [-0.2, 0) is 11.2 Å². The number of amides is 1. The molecule has 0 radical (unpaired) electrons. The molecule has 2 aromatic rings. The molecule has 0 spiro atoms. The number of carbonyl (C=O) groups is 1. The first-order valence-corrected chi connectivity index (χ1v) is 8.84. The molecule has 126 valence electrons. The van der Waals surface area contributed by atoms with Crippen LogP contribution in [-0.4, -0.2) is 24.4 Å². The van der Waals surface area contributed by atoms with Crippen LogP contribution in [0.2, 0.25) is 10.0 Å². The molecule has 2 aromatic carbocycles. The van der Waals surface area contributed by atoms with Gasteiger partial charge in [-0.1, -0.05) is 53.5 Å². The fourth-order valence-corrected chi connectivity index (χ4v) is 3.66. The van der Waals surface area contributed by atoms with Crippen molar-refractivity contribution < 1.29 is 4.79 Å². The van der Waals surface area contributed by atoms with Crippen molar-refractivity contribution in [2.45, 2.75) is 25.3 Å². The van der Waals surface area contributed by atoms with E-state index in [1.807, 2.05) is 7.05 Å². The number of rotatable bonds is 4. The molecule has 1 aliphatic rings. The van der Waals surface area contributed by atoms with E-state index in [2.05, 4.69) is 34.5 Å². The Balaban J connectivity index is 1.68. The molecule has 0 heterocycles. The Labute approximate surface area is 152 Å². The average molecular weight is 363 g/mol. The SMILES string of the molecule is CN(CC(=O)Nc1cccc(Cl)c1Cl)[C@H]1CCCc2ccccc21. The van der Waals surface area contributed by atoms with Crippen LogP contribution >= 0.6 is 23.2 Å². The second kappa shape index (κ2) is 7.56. The van der Waals surface area contributed by atoms with Crippen LogP contribution in [0, 0.1) is 0 Å². The third-order valence-corrected chi connectivity index (χ3v) is 5.31. The van der Waals surface area contributed by atoms with Gasteiger partial charge in [0, 0.05) is 6.04 Å². The number of carbonyl (C=O) groups excluding carboxylic acids is 1. The van der Waals surface area contributed by atoms with Gasteiger partial charge in [-0.3, -0.25) is 9.69 Å². The van der Waals surface area contributed by atoms with Crippen molar-refractivity contribution in [1.82, 2.24) is 4.90 Å². The van der Waals surface area contributed by atoms with Crippen LogP contribution in [0.3, 0.4) is 0 Å². The van der Waals surface area contributed by atoms with Gasteiger partial charge < -0.3 is 5.32 Å². The van der Waals surface area contributed by atoms with Crippen molar-refractivity contribution in [1.29, 1.82) is 0 Å². The highest BCUT2D eigenvalue weighted by Gasteiger charge is 2.24. The van der Waals surface area contributed by atoms with Gasteiger partial charge in [0.15, 0.2) is 0 Å². The van der Waals surface area contributed by atoms with Crippen molar-refractivity contribution in [3.63, 3.8) is 0 Å². The number of hydrogen-bond acceptors (Lipinski definition) is 2. The standard InChI is InChI=1S/C19H20Cl2N2O/c1-23(17-11-4-7-13-6-2-3-8-14(13)17)12-18(24)22-16-10-5-9-15(20)19(16)21/h2-3,5-6,8-10,17H,4,7,11-12H2,1H3,(H,22,24)/t17-/m0/s1. The molecule has 0 unspecified atom stereocenters. The van der Waals surface area contributed by atoms with Gasteiger partial charge in [-0.25, -0.2) is 0 Å². The molecule has 0 saturated carbocycles. The topological polar surface area (TPSA) is 32.3 Å². The van der Waals surface area contributed by atoms with Gasteiger partial charge in [0.05, 0.1) is 22.3 Å². The molecule has 5 heteroatoms. The molecule has 0 aliphatic heterocycles. The molecule has 0 saturated heterocycles. The van der Waals surface area contributed by atoms with Crippen molar-refractivity contribution >= 4 is 34.8 Å². The van der Waals surface area contributed by atoms with Crippen LogP contribution in [0.5, 0.6) is 0 Å². The summed E-state index contributed by atoms with van der Waals surface area (Å²) in [7, 11) is 1.99. The van der Waals surface area contributed by atoms with E-state index in [0.717, 1.165) is 19.3 Å². The number of benzene rings is 2. The summed E-state index contributed by atoms with van der Waals surface area (Å²) < 4.78 is 0. The van der Waals surface area contributed by atoms with Crippen LogP contribution < -0.4 is 5.32 Å². The Morgan fingerprint density at radius 2 is 2.00 bits per heavy atom. The molecule has 0 bridgehead atoms. The Hall–Kier alpha value is -1.55. The summed E-state index contributed by atoms with van der Waals surface area (Å²) in [5, 5.41) is 3.66. The number of likely N-dealkylation sites (N-methyl/N-ethyl adjacent to an activating group) is 1. The zero-order chi connectivity index (χ0) is 17.1. The maximum absolute atomic E-state index is 12.4. The largest absolute Gasteiger partial charge is 0.324 e. The van der Waals surface area contributed by atoms with E-state index in [1.54, 1.807) is 18.2 Å². The lowest BCUT2D eigenvalue weighted by atomic mass is 9.87. The smallest absolute Gasteiger partial charge is 0.238 e. The van der Waals surface area contributed by atoms with Gasteiger partial charge in [-0.2, -0.15) is 0 Å². The Morgan fingerprint density at radius 3 is 2.83 bits per heavy atom. The number of halogens is 2. The minimum absolute atomic E-state index is 0.0929. The van der Waals surface area contributed by atoms with Crippen LogP contribution in [0.25, 0.3) is 0 Å². The zero-order valence-electron chi connectivity index (χ0n) is 13.6. The average Bonchev–Trinajstić information content (AvgIpc) is 2.58. The zero-order valence-corrected chi connectivity index (χ0v) is 15.1. The molecule has 0 fully saturated rings. The van der Waals surface area contributed by atoms with Crippen molar-refractivity contribution in [3.05, 3.63) is 63.6 Å². The molecule has 1 amide bonds. The molecule has 3 rings (SSSR count). The lowest BCUT2D eigenvalue weighted by Crippen LogP contribution is -2.35. The molecule has 1 atom stereocenters. The number of hydrogen-bond donors (Lipinski definition) is 1. The Bertz CT molecular complexity index is 748. The van der Waals surface area contributed by atoms with Gasteiger partial charge >= 0.3 is 0 Å². The summed E-state index contributed by atoms with van der Waals surface area (Å²) in [4.78, 5) is 14.5. The highest BCUT2D eigenvalue weighted by atomic mass is 35.5. The molecular weight excluding hydrogens is 343 g/mol. The summed E-state index contributed by atoms with van der Waals surface area (Å²) in [6.07, 6.45) is 3.33. The van der Waals surface area contributed by atoms with Crippen LogP contribution in [0.15, 0.2) is 42.5 Å². The fraction of sp³-hybridized carbons (Fsp3) is 0.316. The highest BCUT2D eigenvalue weighted by Crippen LogP contribution is 2.33. The predicted octanol–water partition coefficient (Wildman–Crippen LogP) is 4.94. The Kier molecular flexibility index (Phi) is 5.44. The lowest BCUT2D eigenvalue weighted by molar-refractivity contribution is -0.117. The summed E-state index contributed by atoms with van der Waals surface area (Å²) in [5.74, 6) is -0.0929. The van der Waals surface area contributed by atoms with Crippen LogP contribution in [0.4, 0.5) is 5.69 Å². The van der Waals surface area contributed by atoms with E-state index in [-0.39, 0.29) is 11.9 Å². The first kappa shape index (κ1) is 17.3. The van der Waals surface area contributed by atoms with Gasteiger partial charge in [0.2, 0.25) is 5.91 Å². The molecular formula is C19H20Cl2N2O. The van der Waals surface area contributed by atoms with Crippen LogP contribution in [0.1, 0.15) is 30.0 Å². The number of nitrogens with zero attached hydrogens (tertiary/aromatic N) is 1. The van der Waals surface area contributed by atoms with E-state index in [0.29, 0.717) is 22.3 Å². The van der Waals surface area contributed by atoms with Gasteiger partial charge in [-0.15, -0.1) is 0 Å². The van der Waals surface area contributed by atoms with E-state index < -0.39 is 0 Å². The number of fused-ring (bicyclic) bond motifs is 1. The molecule has 24 heavy (non-hydrogen) atoms. The van der Waals surface area contributed by atoms with E-state index in [9.17, 15) is 4.79 Å². The maximum atomic E-state index is 12.4. The summed E-state index contributed by atoms with van der Waals surface area (Å²) >= 11 is 12.1. The maximum Gasteiger partial charge on any atom is 0.238 e. The van der Waals surface area contributed by atoms with Gasteiger partial charge in [-0.05, 0) is 49.6 Å². The summed E-state index contributed by atoms with van der Waals surface area (Å²) in [6, 6.07) is 14.0. The second-order valence-corrected chi connectivity index (χ2v) is 6.96. The minimum Gasteiger partial charge on any atom is -0.324 e. The molecule has 0 aromatic heterocycles. The minimum atomic E-state index is -0.0929. The number of anilines is 1. The van der Waals surface area contributed by atoms with Crippen molar-refractivity contribution in [2.75, 3.05) is 18.9 Å². The predicted molar refractivity (Wildman–Crippen MR) is 99.8 cm³/mol. The number of nitrogens with one attached hydrogen (secondary N) is 1. The van der Waals surface area contributed by atoms with Gasteiger partial charge in [0.1, 0.15) is 0 Å². The first-order valence-electron chi connectivity index (χ1n) is 8.08. The monoisotopic (exact) mass is 362 g/mol. The number of aryl methyl sites for hydroxylation is 1. The second-order valence-electron chi connectivity index (χ2n) is 6.17. The third-order valence-electron chi connectivity index (χ3n) is 4.49. The summed E-state index contributed by atoms with van der Waals surface area (Å²) in [6.45, 7) is 0.307. The molecule has 1 N–H and O–H groups in total. The van der Waals surface area contributed by atoms with E-state index >= 15 is 0 Å². The van der Waals surface area contributed by atoms with Crippen molar-refractivity contribution in [3.8, 4) is 0 Å². The summed E-state index contributed by atoms with van der Waals surface area (Å²) in [5.41, 5.74) is 3.27. The normalized spacial score (nSPS) is 16.8. The van der Waals surface area contributed by atoms with Crippen molar-refractivity contribution in [2.24, 2.45) is 0 Å². The molecule has 3 nitrogen and oxygen atoms in total. The first-order chi connectivity index (χ1) is 11.6. The lowest BCUT2D eigenvalue weighted by Gasteiger charge is -2.32. The highest BCUT2D eigenvalue weighted by molar-refractivity contribution is 6.43. The molecule has 1 aliphatic carbocycles. The Morgan fingerprint density at radius 1 is 1.21 bits per heavy atom. The van der Waals surface area contributed by atoms with E-state index in [4.69, 9.17) is 23.2 Å².